The quantitative estimate of drug-likeness (QED) is 0.506. The van der Waals surface area contributed by atoms with Gasteiger partial charge in [-0.2, -0.15) is 0 Å². The van der Waals surface area contributed by atoms with Crippen molar-refractivity contribution < 1.29 is 28.7 Å². The first kappa shape index (κ1) is 15.5. The van der Waals surface area contributed by atoms with Crippen molar-refractivity contribution in [1.29, 1.82) is 0 Å². The summed E-state index contributed by atoms with van der Waals surface area (Å²) < 4.78 is 22.0. The van der Waals surface area contributed by atoms with E-state index in [0.717, 1.165) is 5.56 Å². The topological polar surface area (TPSA) is 127 Å². The van der Waals surface area contributed by atoms with Crippen molar-refractivity contribution in [3.63, 3.8) is 0 Å². The molecule has 0 aliphatic carbocycles. The summed E-state index contributed by atoms with van der Waals surface area (Å²) >= 11 is 0. The van der Waals surface area contributed by atoms with E-state index in [2.05, 4.69) is 5.32 Å². The van der Waals surface area contributed by atoms with Gasteiger partial charge in [0.25, 0.3) is 0 Å². The van der Waals surface area contributed by atoms with Crippen LogP contribution in [0.4, 0.5) is 0 Å². The van der Waals surface area contributed by atoms with Crippen molar-refractivity contribution >= 4 is 15.2 Å². The van der Waals surface area contributed by atoms with Gasteiger partial charge in [-0.05, 0) is 18.1 Å². The third kappa shape index (κ3) is 4.30. The van der Waals surface area contributed by atoms with Gasteiger partial charge < -0.3 is 19.6 Å². The van der Waals surface area contributed by atoms with Gasteiger partial charge in [-0.3, -0.25) is 14.4 Å². The van der Waals surface area contributed by atoms with E-state index >= 15 is 0 Å². The summed E-state index contributed by atoms with van der Waals surface area (Å²) in [7, 11) is -9.85. The van der Waals surface area contributed by atoms with Crippen LogP contribution in [-0.2, 0) is 15.7 Å². The molecule has 9 heteroatoms. The maximum atomic E-state index is 11.0. The highest BCUT2D eigenvalue weighted by Crippen LogP contribution is 2.58. The van der Waals surface area contributed by atoms with Crippen LogP contribution in [-0.4, -0.2) is 25.1 Å². The minimum absolute atomic E-state index is 0.0342. The van der Waals surface area contributed by atoms with Crippen LogP contribution in [0.2, 0.25) is 0 Å². The first-order valence-corrected chi connectivity index (χ1v) is 8.37. The van der Waals surface area contributed by atoms with Crippen molar-refractivity contribution in [2.45, 2.75) is 19.0 Å². The molecule has 0 atom stereocenters. The molecular formula is C9H15NO6P2. The molecule has 102 valence electrons. The summed E-state index contributed by atoms with van der Waals surface area (Å²) in [6, 6.07) is 7.02. The van der Waals surface area contributed by atoms with Gasteiger partial charge in [-0.25, -0.2) is 0 Å². The molecule has 18 heavy (non-hydrogen) atoms. The van der Waals surface area contributed by atoms with E-state index in [1.807, 2.05) is 0 Å². The van der Waals surface area contributed by atoms with Crippen LogP contribution in [0, 0.1) is 6.92 Å². The third-order valence-corrected chi connectivity index (χ3v) is 5.82. The minimum atomic E-state index is -4.92. The average Bonchev–Trinajstić information content (AvgIpc) is 2.17. The largest absolute Gasteiger partial charge is 0.354 e. The molecule has 0 spiro atoms. The number of aryl methyl sites for hydroxylation is 1. The lowest BCUT2D eigenvalue weighted by molar-refractivity contribution is 0.327. The zero-order chi connectivity index (χ0) is 14.0. The average molecular weight is 295 g/mol. The lowest BCUT2D eigenvalue weighted by Crippen LogP contribution is -2.28. The normalized spacial score (nSPS) is 13.0. The van der Waals surface area contributed by atoms with E-state index in [1.165, 1.54) is 0 Å². The molecule has 0 heterocycles. The first-order chi connectivity index (χ1) is 8.12. The number of rotatable bonds is 5. The molecule has 0 fully saturated rings. The fourth-order valence-corrected chi connectivity index (χ4v) is 3.67. The second kappa shape index (κ2) is 5.63. The Morgan fingerprint density at radius 2 is 1.61 bits per heavy atom. The zero-order valence-corrected chi connectivity index (χ0v) is 11.4. The van der Waals surface area contributed by atoms with Crippen LogP contribution in [0.3, 0.4) is 0 Å². The number of hydrogen-bond donors (Lipinski definition) is 5. The summed E-state index contributed by atoms with van der Waals surface area (Å²) in [6.45, 7) is 1.76. The van der Waals surface area contributed by atoms with Gasteiger partial charge in [-0.15, -0.1) is 0 Å². The Morgan fingerprint density at radius 1 is 1.11 bits per heavy atom. The molecule has 0 bridgehead atoms. The van der Waals surface area contributed by atoms with Gasteiger partial charge in [0, 0.05) is 6.54 Å². The lowest BCUT2D eigenvalue weighted by atomic mass is 10.1. The fraction of sp³-hybridized carbons (Fsp3) is 0.333. The van der Waals surface area contributed by atoms with E-state index in [0.29, 0.717) is 5.56 Å². The second-order valence-electron chi connectivity index (χ2n) is 3.86. The standard InChI is InChI=1S/C9H15NO6P2/c1-7-4-2-3-5-8(7)6-10-9(17(11,12)13)18(14,15)16/h2-5,9-10H,6H2,1H3,(H2,11,12,13)(H2,14,15,16). The molecule has 0 aromatic heterocycles. The van der Waals surface area contributed by atoms with Crippen molar-refractivity contribution in [3.05, 3.63) is 35.4 Å². The maximum Gasteiger partial charge on any atom is 0.354 e. The molecular weight excluding hydrogens is 280 g/mol. The molecule has 0 aliphatic heterocycles. The summed E-state index contributed by atoms with van der Waals surface area (Å²) in [5.74, 6) is 0. The SMILES string of the molecule is Cc1ccccc1CNC(P(=O)(O)O)P(=O)(O)O. The Hall–Kier alpha value is -0.520. The van der Waals surface area contributed by atoms with Crippen LogP contribution in [0.5, 0.6) is 0 Å². The van der Waals surface area contributed by atoms with Gasteiger partial charge in [0.2, 0.25) is 5.52 Å². The van der Waals surface area contributed by atoms with E-state index in [9.17, 15) is 9.13 Å². The molecule has 0 unspecified atom stereocenters. The Labute approximate surface area is 104 Å². The van der Waals surface area contributed by atoms with Gasteiger partial charge in [0.1, 0.15) is 0 Å². The molecule has 0 saturated heterocycles. The van der Waals surface area contributed by atoms with Crippen molar-refractivity contribution in [1.82, 2.24) is 5.32 Å². The molecule has 7 nitrogen and oxygen atoms in total. The molecule has 0 radical (unpaired) electrons. The van der Waals surface area contributed by atoms with Gasteiger partial charge >= 0.3 is 15.2 Å². The Bertz CT molecular complexity index is 486. The van der Waals surface area contributed by atoms with Crippen LogP contribution in [0.25, 0.3) is 0 Å². The summed E-state index contributed by atoms with van der Waals surface area (Å²) in [5.41, 5.74) is -0.603. The van der Waals surface area contributed by atoms with E-state index < -0.39 is 20.7 Å². The molecule has 0 saturated carbocycles. The van der Waals surface area contributed by atoms with E-state index in [-0.39, 0.29) is 6.54 Å². The zero-order valence-electron chi connectivity index (χ0n) is 9.59. The number of hydrogen-bond acceptors (Lipinski definition) is 3. The first-order valence-electron chi connectivity index (χ1n) is 5.00. The molecule has 0 amide bonds. The predicted octanol–water partition coefficient (Wildman–Crippen LogP) is 0.724. The van der Waals surface area contributed by atoms with Crippen molar-refractivity contribution in [3.8, 4) is 0 Å². The lowest BCUT2D eigenvalue weighted by Gasteiger charge is -2.21. The van der Waals surface area contributed by atoms with Crippen LogP contribution >= 0.6 is 15.2 Å². The fourth-order valence-electron chi connectivity index (χ4n) is 1.44. The van der Waals surface area contributed by atoms with Crippen LogP contribution in [0.1, 0.15) is 11.1 Å². The summed E-state index contributed by atoms with van der Waals surface area (Å²) in [5, 5.41) is 2.23. The molecule has 1 aromatic rings. The predicted molar refractivity (Wildman–Crippen MR) is 65.9 cm³/mol. The second-order valence-corrected chi connectivity index (χ2v) is 7.66. The highest BCUT2D eigenvalue weighted by molar-refractivity contribution is 7.70. The van der Waals surface area contributed by atoms with Gasteiger partial charge in [-0.1, -0.05) is 24.3 Å². The number of benzene rings is 1. The minimum Gasteiger partial charge on any atom is -0.323 e. The van der Waals surface area contributed by atoms with Crippen molar-refractivity contribution in [2.24, 2.45) is 0 Å². The monoisotopic (exact) mass is 295 g/mol. The van der Waals surface area contributed by atoms with Gasteiger partial charge in [0.15, 0.2) is 0 Å². The van der Waals surface area contributed by atoms with Crippen molar-refractivity contribution in [2.75, 3.05) is 0 Å². The van der Waals surface area contributed by atoms with Crippen LogP contribution in [0.15, 0.2) is 24.3 Å². The Balaban J connectivity index is 2.86. The summed E-state index contributed by atoms with van der Waals surface area (Å²) in [4.78, 5) is 35.7. The third-order valence-electron chi connectivity index (χ3n) is 2.37. The number of nitrogens with one attached hydrogen (secondary N) is 1. The van der Waals surface area contributed by atoms with Crippen LogP contribution < -0.4 is 5.32 Å². The summed E-state index contributed by atoms with van der Waals surface area (Å²) in [6.07, 6.45) is 0. The molecule has 5 N–H and O–H groups in total. The highest BCUT2D eigenvalue weighted by Gasteiger charge is 2.42. The van der Waals surface area contributed by atoms with E-state index in [1.54, 1.807) is 31.2 Å². The highest BCUT2D eigenvalue weighted by atomic mass is 31.2. The Morgan fingerprint density at radius 3 is 2.06 bits per heavy atom. The molecule has 1 aromatic carbocycles. The van der Waals surface area contributed by atoms with Gasteiger partial charge in [0.05, 0.1) is 0 Å². The Kier molecular flexibility index (Phi) is 4.86. The molecule has 0 aliphatic rings. The maximum absolute atomic E-state index is 11.0. The van der Waals surface area contributed by atoms with E-state index in [4.69, 9.17) is 19.6 Å². The molecule has 1 rings (SSSR count). The smallest absolute Gasteiger partial charge is 0.323 e.